The van der Waals surface area contributed by atoms with Crippen LogP contribution in [0.4, 0.5) is 10.5 Å². The van der Waals surface area contributed by atoms with Crippen LogP contribution in [0.25, 0.3) is 16.7 Å². The molecule has 0 unspecified atom stereocenters. The van der Waals surface area contributed by atoms with E-state index in [0.717, 1.165) is 11.1 Å². The van der Waals surface area contributed by atoms with Gasteiger partial charge in [-0.3, -0.25) is 24.0 Å². The van der Waals surface area contributed by atoms with Crippen LogP contribution in [-0.4, -0.2) is 54.4 Å². The number of nitrogens with one attached hydrogen (secondary N) is 2. The van der Waals surface area contributed by atoms with Crippen LogP contribution in [0.2, 0.25) is 0 Å². The smallest absolute Gasteiger partial charge is 0.325 e. The molecule has 6 rings (SSSR count). The van der Waals surface area contributed by atoms with Crippen LogP contribution < -0.4 is 16.3 Å². The lowest BCUT2D eigenvalue weighted by atomic mass is 9.95. The maximum absolute atomic E-state index is 13.3. The minimum Gasteiger partial charge on any atom is -0.325 e. The minimum atomic E-state index is -0.932. The molecule has 1 saturated heterocycles. The van der Waals surface area contributed by atoms with Gasteiger partial charge in [0, 0.05) is 25.6 Å². The monoisotopic (exact) mass is 483 g/mol. The summed E-state index contributed by atoms with van der Waals surface area (Å²) in [5.74, 6) is -0.681. The first-order valence-electron chi connectivity index (χ1n) is 11.3. The van der Waals surface area contributed by atoms with E-state index in [4.69, 9.17) is 0 Å². The first-order valence-corrected chi connectivity index (χ1v) is 11.3. The van der Waals surface area contributed by atoms with Crippen molar-refractivity contribution in [1.29, 1.82) is 0 Å². The molecular formula is C25H21N7O4. The molecule has 1 atom stereocenters. The summed E-state index contributed by atoms with van der Waals surface area (Å²) in [6.45, 7) is -0.194. The highest BCUT2D eigenvalue weighted by molar-refractivity contribution is 6.07. The molecule has 2 aliphatic rings. The molecule has 180 valence electrons. The molecule has 1 spiro atoms. The zero-order chi connectivity index (χ0) is 25.0. The normalized spacial score (nSPS) is 18.6. The number of urea groups is 1. The Labute approximate surface area is 204 Å². The van der Waals surface area contributed by atoms with Gasteiger partial charge in [0.15, 0.2) is 0 Å². The maximum Gasteiger partial charge on any atom is 0.334 e. The highest BCUT2D eigenvalue weighted by atomic mass is 16.2. The topological polar surface area (TPSA) is 131 Å². The van der Waals surface area contributed by atoms with Crippen LogP contribution in [0, 0.1) is 0 Å². The summed E-state index contributed by atoms with van der Waals surface area (Å²) in [5, 5.41) is 5.24. The summed E-state index contributed by atoms with van der Waals surface area (Å²) in [6.07, 6.45) is 5.25. The van der Waals surface area contributed by atoms with Gasteiger partial charge in [0.2, 0.25) is 5.91 Å². The molecule has 1 aliphatic heterocycles. The van der Waals surface area contributed by atoms with Gasteiger partial charge < -0.3 is 10.2 Å². The van der Waals surface area contributed by atoms with Gasteiger partial charge in [-0.2, -0.15) is 0 Å². The number of imidazole rings is 1. The number of anilines is 1. The number of hydrogen-bond donors (Lipinski definition) is 2. The predicted octanol–water partition coefficient (Wildman–Crippen LogP) is 1.24. The molecule has 0 saturated carbocycles. The Morgan fingerprint density at radius 1 is 1.03 bits per heavy atom. The molecule has 11 heteroatoms. The lowest BCUT2D eigenvalue weighted by molar-refractivity contribution is -0.125. The van der Waals surface area contributed by atoms with Crippen molar-refractivity contribution in [1.82, 2.24) is 29.3 Å². The van der Waals surface area contributed by atoms with Crippen LogP contribution in [0.3, 0.4) is 0 Å². The molecule has 3 heterocycles. The Balaban J connectivity index is 1.26. The number of amides is 4. The van der Waals surface area contributed by atoms with E-state index in [9.17, 15) is 19.2 Å². The lowest BCUT2D eigenvalue weighted by Gasteiger charge is -2.27. The van der Waals surface area contributed by atoms with Gasteiger partial charge >= 0.3 is 11.7 Å². The van der Waals surface area contributed by atoms with E-state index in [-0.39, 0.29) is 24.0 Å². The van der Waals surface area contributed by atoms with Crippen molar-refractivity contribution in [3.63, 3.8) is 0 Å². The predicted molar refractivity (Wildman–Crippen MR) is 130 cm³/mol. The molecule has 2 aromatic carbocycles. The Hall–Kier alpha value is -4.80. The quantitative estimate of drug-likeness (QED) is 0.420. The van der Waals surface area contributed by atoms with Crippen molar-refractivity contribution >= 4 is 34.6 Å². The molecule has 0 bridgehead atoms. The zero-order valence-corrected chi connectivity index (χ0v) is 19.3. The number of rotatable bonds is 4. The molecule has 4 amide bonds. The first kappa shape index (κ1) is 21.7. The molecule has 1 fully saturated rings. The van der Waals surface area contributed by atoms with Gasteiger partial charge in [-0.25, -0.2) is 19.6 Å². The Morgan fingerprint density at radius 2 is 1.75 bits per heavy atom. The number of carbonyl (C=O) groups excluding carboxylic acids is 3. The lowest BCUT2D eigenvalue weighted by Crippen LogP contribution is -2.48. The summed E-state index contributed by atoms with van der Waals surface area (Å²) in [7, 11) is 1.62. The molecule has 11 nitrogen and oxygen atoms in total. The number of benzene rings is 2. The van der Waals surface area contributed by atoms with Crippen LogP contribution in [0.5, 0.6) is 0 Å². The number of carbonyl (C=O) groups is 3. The zero-order valence-electron chi connectivity index (χ0n) is 19.3. The number of hydrogen-bond acceptors (Lipinski definition) is 6. The van der Waals surface area contributed by atoms with E-state index >= 15 is 0 Å². The third kappa shape index (κ3) is 3.20. The molecule has 1 aliphatic carbocycles. The Bertz CT molecular complexity index is 1620. The summed E-state index contributed by atoms with van der Waals surface area (Å²) in [5.41, 5.74) is 2.84. The number of nitrogens with zero attached hydrogens (tertiary/aromatic N) is 5. The second-order valence-electron chi connectivity index (χ2n) is 9.02. The number of aromatic nitrogens is 4. The van der Waals surface area contributed by atoms with E-state index in [1.54, 1.807) is 31.3 Å². The van der Waals surface area contributed by atoms with Crippen molar-refractivity contribution in [2.24, 2.45) is 0 Å². The highest BCUT2D eigenvalue weighted by Gasteiger charge is 2.54. The van der Waals surface area contributed by atoms with Gasteiger partial charge in [-0.15, -0.1) is 0 Å². The van der Waals surface area contributed by atoms with E-state index in [1.807, 2.05) is 18.2 Å². The van der Waals surface area contributed by atoms with Crippen LogP contribution >= 0.6 is 0 Å². The molecule has 0 radical (unpaired) electrons. The van der Waals surface area contributed by atoms with E-state index in [1.165, 1.54) is 32.8 Å². The number of para-hydroxylation sites is 2. The SMILES string of the molecule is CN1C(=O)NC(=O)[C@]12Cc1ccc(NC(=O)Cn3c(=O)n(-c4cncnc4)c4ccccc43)cc1C2. The fourth-order valence-electron chi connectivity index (χ4n) is 5.14. The summed E-state index contributed by atoms with van der Waals surface area (Å²) < 4.78 is 2.88. The second kappa shape index (κ2) is 7.87. The Kier molecular flexibility index (Phi) is 4.75. The molecule has 4 aromatic rings. The number of likely N-dealkylation sites (N-methyl/N-ethyl adjacent to an activating group) is 1. The Morgan fingerprint density at radius 3 is 2.47 bits per heavy atom. The van der Waals surface area contributed by atoms with Crippen molar-refractivity contribution in [2.45, 2.75) is 24.9 Å². The van der Waals surface area contributed by atoms with Gasteiger partial charge in [-0.05, 0) is 35.4 Å². The van der Waals surface area contributed by atoms with Crippen molar-refractivity contribution in [2.75, 3.05) is 12.4 Å². The van der Waals surface area contributed by atoms with Gasteiger partial charge in [0.05, 0.1) is 29.1 Å². The summed E-state index contributed by atoms with van der Waals surface area (Å²) in [6, 6.07) is 12.2. The van der Waals surface area contributed by atoms with Crippen molar-refractivity contribution in [3.8, 4) is 5.69 Å². The molecule has 36 heavy (non-hydrogen) atoms. The third-order valence-electron chi connectivity index (χ3n) is 6.99. The van der Waals surface area contributed by atoms with Gasteiger partial charge in [0.1, 0.15) is 18.4 Å². The number of imide groups is 1. The third-order valence-corrected chi connectivity index (χ3v) is 6.99. The second-order valence-corrected chi connectivity index (χ2v) is 9.02. The highest BCUT2D eigenvalue weighted by Crippen LogP contribution is 2.38. The van der Waals surface area contributed by atoms with E-state index < -0.39 is 11.6 Å². The van der Waals surface area contributed by atoms with Gasteiger partial charge in [0.25, 0.3) is 5.91 Å². The standard InChI is InChI=1S/C25H21N7O4/c1-30-23(35)29-22(34)25(30)9-15-6-7-17(8-16(15)10-25)28-21(33)13-31-19-4-2-3-5-20(19)32(24(31)36)18-11-26-14-27-12-18/h2-8,11-12,14H,9-10,13H2,1H3,(H,28,33)(H,29,34,35)/t25-/m1/s1. The van der Waals surface area contributed by atoms with E-state index in [0.29, 0.717) is 35.2 Å². The average molecular weight is 483 g/mol. The van der Waals surface area contributed by atoms with E-state index in [2.05, 4.69) is 20.6 Å². The maximum atomic E-state index is 13.3. The summed E-state index contributed by atoms with van der Waals surface area (Å²) in [4.78, 5) is 60.2. The fraction of sp³-hybridized carbons (Fsp3) is 0.200. The minimum absolute atomic E-state index is 0.194. The largest absolute Gasteiger partial charge is 0.334 e. The molecule has 2 aromatic heterocycles. The van der Waals surface area contributed by atoms with Crippen molar-refractivity contribution < 1.29 is 14.4 Å². The molecule has 2 N–H and O–H groups in total. The average Bonchev–Trinajstić information content (AvgIpc) is 3.46. The van der Waals surface area contributed by atoms with Crippen LogP contribution in [-0.2, 0) is 29.0 Å². The van der Waals surface area contributed by atoms with Crippen molar-refractivity contribution in [3.05, 3.63) is 82.8 Å². The van der Waals surface area contributed by atoms with Gasteiger partial charge in [-0.1, -0.05) is 18.2 Å². The fourth-order valence-corrected chi connectivity index (χ4v) is 5.14. The first-order chi connectivity index (χ1) is 17.4. The molecular weight excluding hydrogens is 462 g/mol. The summed E-state index contributed by atoms with van der Waals surface area (Å²) >= 11 is 0. The number of fused-ring (bicyclic) bond motifs is 2. The van der Waals surface area contributed by atoms with Crippen LogP contribution in [0.1, 0.15) is 11.1 Å². The van der Waals surface area contributed by atoms with Crippen LogP contribution in [0.15, 0.2) is 66.0 Å².